The van der Waals surface area contributed by atoms with Crippen LogP contribution in [0.5, 0.6) is 5.75 Å². The zero-order chi connectivity index (χ0) is 12.0. The molecule has 0 radical (unpaired) electrons. The first-order chi connectivity index (χ1) is 7.69. The maximum absolute atomic E-state index is 13.5. The Labute approximate surface area is 94.8 Å². The molecule has 0 aliphatic heterocycles. The van der Waals surface area contributed by atoms with Crippen molar-refractivity contribution in [3.8, 4) is 5.75 Å². The van der Waals surface area contributed by atoms with Gasteiger partial charge in [0.05, 0.1) is 12.7 Å². The van der Waals surface area contributed by atoms with Crippen molar-refractivity contribution in [2.75, 3.05) is 13.7 Å². The highest BCUT2D eigenvalue weighted by Crippen LogP contribution is 2.24. The Morgan fingerprint density at radius 3 is 2.81 bits per heavy atom. The van der Waals surface area contributed by atoms with Crippen molar-refractivity contribution in [1.82, 2.24) is 0 Å². The normalized spacial score (nSPS) is 12.5. The number of benzene rings is 1. The topological polar surface area (TPSA) is 38.7 Å². The van der Waals surface area contributed by atoms with Crippen LogP contribution in [-0.2, 0) is 11.3 Å². The SMILES string of the molecule is COCCC(C)Oc1c(F)cccc1CO. The second kappa shape index (κ2) is 6.45. The van der Waals surface area contributed by atoms with Crippen LogP contribution < -0.4 is 4.74 Å². The zero-order valence-corrected chi connectivity index (χ0v) is 9.57. The minimum atomic E-state index is -0.448. The molecule has 1 aromatic rings. The molecule has 0 amide bonds. The highest BCUT2D eigenvalue weighted by Gasteiger charge is 2.12. The van der Waals surface area contributed by atoms with Crippen molar-refractivity contribution in [3.63, 3.8) is 0 Å². The summed E-state index contributed by atoms with van der Waals surface area (Å²) in [6, 6.07) is 4.51. The van der Waals surface area contributed by atoms with Crippen LogP contribution in [-0.4, -0.2) is 24.9 Å². The Kier molecular flexibility index (Phi) is 5.22. The first-order valence-electron chi connectivity index (χ1n) is 5.23. The molecule has 1 N–H and O–H groups in total. The quantitative estimate of drug-likeness (QED) is 0.810. The molecular weight excluding hydrogens is 211 g/mol. The van der Waals surface area contributed by atoms with Gasteiger partial charge in [0, 0.05) is 25.7 Å². The molecule has 90 valence electrons. The summed E-state index contributed by atoms with van der Waals surface area (Å²) < 4.78 is 23.8. The third kappa shape index (κ3) is 3.47. The molecular formula is C12H17FO3. The van der Waals surface area contributed by atoms with Crippen LogP contribution in [0.1, 0.15) is 18.9 Å². The fourth-order valence-corrected chi connectivity index (χ4v) is 1.35. The van der Waals surface area contributed by atoms with Gasteiger partial charge in [-0.3, -0.25) is 0 Å². The lowest BCUT2D eigenvalue weighted by atomic mass is 10.2. The highest BCUT2D eigenvalue weighted by atomic mass is 19.1. The highest BCUT2D eigenvalue weighted by molar-refractivity contribution is 5.34. The Morgan fingerprint density at radius 1 is 1.44 bits per heavy atom. The molecule has 3 nitrogen and oxygen atoms in total. The Bertz CT molecular complexity index is 328. The van der Waals surface area contributed by atoms with Crippen LogP contribution in [0.4, 0.5) is 4.39 Å². The van der Waals surface area contributed by atoms with Gasteiger partial charge in [0.2, 0.25) is 0 Å². The summed E-state index contributed by atoms with van der Waals surface area (Å²) >= 11 is 0. The Balaban J connectivity index is 2.71. The first kappa shape index (κ1) is 12.9. The predicted octanol–water partition coefficient (Wildman–Crippen LogP) is 2.12. The molecule has 0 saturated heterocycles. The molecule has 1 atom stereocenters. The number of aliphatic hydroxyl groups excluding tert-OH is 1. The van der Waals surface area contributed by atoms with E-state index in [0.717, 1.165) is 0 Å². The van der Waals surface area contributed by atoms with E-state index in [1.165, 1.54) is 6.07 Å². The van der Waals surface area contributed by atoms with Crippen molar-refractivity contribution in [3.05, 3.63) is 29.6 Å². The number of methoxy groups -OCH3 is 1. The zero-order valence-electron chi connectivity index (χ0n) is 9.57. The molecule has 0 aromatic heterocycles. The average Bonchev–Trinajstić information content (AvgIpc) is 2.29. The summed E-state index contributed by atoms with van der Waals surface area (Å²) in [4.78, 5) is 0. The molecule has 0 aliphatic rings. The van der Waals surface area contributed by atoms with Gasteiger partial charge in [0.1, 0.15) is 0 Å². The largest absolute Gasteiger partial charge is 0.487 e. The van der Waals surface area contributed by atoms with E-state index >= 15 is 0 Å². The molecule has 0 spiro atoms. The van der Waals surface area contributed by atoms with E-state index in [1.54, 1.807) is 19.2 Å². The number of rotatable bonds is 6. The molecule has 0 saturated carbocycles. The van der Waals surface area contributed by atoms with Crippen molar-refractivity contribution in [2.45, 2.75) is 26.1 Å². The minimum Gasteiger partial charge on any atom is -0.487 e. The number of para-hydroxylation sites is 1. The van der Waals surface area contributed by atoms with Crippen molar-refractivity contribution < 1.29 is 19.0 Å². The standard InChI is InChI=1S/C12H17FO3/c1-9(6-7-15-2)16-12-10(8-14)4-3-5-11(12)13/h3-5,9,14H,6-8H2,1-2H3. The van der Waals surface area contributed by atoms with E-state index in [-0.39, 0.29) is 18.5 Å². The van der Waals surface area contributed by atoms with Crippen LogP contribution in [0.2, 0.25) is 0 Å². The molecule has 1 rings (SSSR count). The van der Waals surface area contributed by atoms with Crippen LogP contribution in [0.15, 0.2) is 18.2 Å². The van der Waals surface area contributed by atoms with Crippen molar-refractivity contribution >= 4 is 0 Å². The van der Waals surface area contributed by atoms with Crippen LogP contribution in [0, 0.1) is 5.82 Å². The van der Waals surface area contributed by atoms with E-state index in [9.17, 15) is 4.39 Å². The van der Waals surface area contributed by atoms with Crippen molar-refractivity contribution in [2.24, 2.45) is 0 Å². The lowest BCUT2D eigenvalue weighted by molar-refractivity contribution is 0.129. The summed E-state index contributed by atoms with van der Waals surface area (Å²) in [5.74, 6) is -0.315. The predicted molar refractivity (Wildman–Crippen MR) is 58.9 cm³/mol. The lowest BCUT2D eigenvalue weighted by Gasteiger charge is -2.17. The van der Waals surface area contributed by atoms with E-state index in [4.69, 9.17) is 14.6 Å². The van der Waals surface area contributed by atoms with E-state index in [2.05, 4.69) is 0 Å². The van der Waals surface area contributed by atoms with E-state index < -0.39 is 5.82 Å². The maximum Gasteiger partial charge on any atom is 0.165 e. The van der Waals surface area contributed by atoms with Gasteiger partial charge in [-0.1, -0.05) is 12.1 Å². The molecule has 16 heavy (non-hydrogen) atoms. The fourth-order valence-electron chi connectivity index (χ4n) is 1.35. The summed E-state index contributed by atoms with van der Waals surface area (Å²) in [5.41, 5.74) is 0.462. The Hall–Kier alpha value is -1.13. The van der Waals surface area contributed by atoms with Crippen LogP contribution in [0.3, 0.4) is 0 Å². The molecule has 0 fully saturated rings. The summed E-state index contributed by atoms with van der Waals surface area (Å²) in [6.45, 7) is 2.17. The first-order valence-corrected chi connectivity index (χ1v) is 5.23. The second-order valence-corrected chi connectivity index (χ2v) is 3.60. The third-order valence-corrected chi connectivity index (χ3v) is 2.27. The van der Waals surface area contributed by atoms with Gasteiger partial charge < -0.3 is 14.6 Å². The molecule has 0 aliphatic carbocycles. The van der Waals surface area contributed by atoms with Crippen LogP contribution in [0.25, 0.3) is 0 Å². The molecule has 0 bridgehead atoms. The third-order valence-electron chi connectivity index (χ3n) is 2.27. The van der Waals surface area contributed by atoms with Gasteiger partial charge in [-0.25, -0.2) is 4.39 Å². The Morgan fingerprint density at radius 2 is 2.19 bits per heavy atom. The average molecular weight is 228 g/mol. The summed E-state index contributed by atoms with van der Waals surface area (Å²) in [5, 5.41) is 9.06. The lowest BCUT2D eigenvalue weighted by Crippen LogP contribution is -2.16. The second-order valence-electron chi connectivity index (χ2n) is 3.60. The van der Waals surface area contributed by atoms with Gasteiger partial charge in [0.15, 0.2) is 11.6 Å². The number of hydrogen-bond acceptors (Lipinski definition) is 3. The van der Waals surface area contributed by atoms with Crippen LogP contribution >= 0.6 is 0 Å². The molecule has 1 aromatic carbocycles. The number of hydrogen-bond donors (Lipinski definition) is 1. The van der Waals surface area contributed by atoms with Gasteiger partial charge in [-0.15, -0.1) is 0 Å². The van der Waals surface area contributed by atoms with E-state index in [1.807, 2.05) is 6.92 Å². The molecule has 4 heteroatoms. The minimum absolute atomic E-state index is 0.133. The summed E-state index contributed by atoms with van der Waals surface area (Å²) in [7, 11) is 1.61. The van der Waals surface area contributed by atoms with E-state index in [0.29, 0.717) is 18.6 Å². The van der Waals surface area contributed by atoms with Crippen molar-refractivity contribution in [1.29, 1.82) is 0 Å². The summed E-state index contributed by atoms with van der Waals surface area (Å²) in [6.07, 6.45) is 0.526. The van der Waals surface area contributed by atoms with Gasteiger partial charge in [-0.05, 0) is 13.0 Å². The fraction of sp³-hybridized carbons (Fsp3) is 0.500. The molecule has 0 heterocycles. The number of aliphatic hydroxyl groups is 1. The van der Waals surface area contributed by atoms with Gasteiger partial charge in [0.25, 0.3) is 0 Å². The monoisotopic (exact) mass is 228 g/mol. The van der Waals surface area contributed by atoms with Gasteiger partial charge >= 0.3 is 0 Å². The number of halogens is 1. The molecule has 1 unspecified atom stereocenters. The number of ether oxygens (including phenoxy) is 2. The maximum atomic E-state index is 13.5. The van der Waals surface area contributed by atoms with Gasteiger partial charge in [-0.2, -0.15) is 0 Å². The smallest absolute Gasteiger partial charge is 0.165 e.